The summed E-state index contributed by atoms with van der Waals surface area (Å²) in [5.74, 6) is 3.01. The second-order valence-corrected chi connectivity index (χ2v) is 7.66. The number of ether oxygens (including phenoxy) is 1. The van der Waals surface area contributed by atoms with Crippen LogP contribution in [0.15, 0.2) is 24.3 Å². The summed E-state index contributed by atoms with van der Waals surface area (Å²) < 4.78 is 7.85. The molecule has 2 aromatic rings. The van der Waals surface area contributed by atoms with E-state index in [0.29, 0.717) is 19.1 Å². The smallest absolute Gasteiger partial charge is 0.227 e. The highest BCUT2D eigenvalue weighted by Crippen LogP contribution is 2.22. The topological polar surface area (TPSA) is 60.2 Å². The first kappa shape index (κ1) is 19.4. The molecule has 1 fully saturated rings. The molecule has 1 amide bonds. The van der Waals surface area contributed by atoms with Crippen LogP contribution in [0.2, 0.25) is 0 Å². The van der Waals surface area contributed by atoms with Crippen LogP contribution in [0, 0.1) is 32.6 Å². The van der Waals surface area contributed by atoms with E-state index in [2.05, 4.69) is 23.1 Å². The summed E-state index contributed by atoms with van der Waals surface area (Å²) in [6, 6.07) is 8.07. The number of hydrogen-bond acceptors (Lipinski definition) is 4. The molecule has 2 atom stereocenters. The quantitative estimate of drug-likeness (QED) is 0.784. The Morgan fingerprint density at radius 3 is 2.78 bits per heavy atom. The van der Waals surface area contributed by atoms with Gasteiger partial charge in [-0.25, -0.2) is 9.67 Å². The zero-order chi connectivity index (χ0) is 19.4. The molecule has 0 saturated carbocycles. The highest BCUT2D eigenvalue weighted by atomic mass is 16.5. The zero-order valence-electron chi connectivity index (χ0n) is 16.8. The minimum atomic E-state index is -0.110. The van der Waals surface area contributed by atoms with Gasteiger partial charge in [0.15, 0.2) is 0 Å². The summed E-state index contributed by atoms with van der Waals surface area (Å²) in [6.07, 6.45) is 2.13. The van der Waals surface area contributed by atoms with Crippen molar-refractivity contribution in [3.05, 3.63) is 41.5 Å². The van der Waals surface area contributed by atoms with Crippen molar-refractivity contribution >= 4 is 5.91 Å². The van der Waals surface area contributed by atoms with Crippen LogP contribution in [0.3, 0.4) is 0 Å². The lowest BCUT2D eigenvalue weighted by Crippen LogP contribution is -2.44. The van der Waals surface area contributed by atoms with Crippen molar-refractivity contribution in [2.45, 2.75) is 47.1 Å². The second-order valence-electron chi connectivity index (χ2n) is 7.66. The van der Waals surface area contributed by atoms with Gasteiger partial charge in [0.05, 0.1) is 19.1 Å². The Balaban J connectivity index is 1.54. The number of carbonyl (C=O) groups excluding carboxylic acids is 1. The first-order chi connectivity index (χ1) is 12.9. The van der Waals surface area contributed by atoms with Gasteiger partial charge in [0, 0.05) is 19.0 Å². The highest BCUT2D eigenvalue weighted by Gasteiger charge is 2.28. The largest absolute Gasteiger partial charge is 0.493 e. The molecule has 1 aromatic heterocycles. The van der Waals surface area contributed by atoms with Crippen molar-refractivity contribution in [3.63, 3.8) is 0 Å². The Bertz CT molecular complexity index is 786. The fraction of sp³-hybridized carbons (Fsp3) is 0.571. The molecule has 0 radical (unpaired) electrons. The molecule has 3 rings (SSSR count). The minimum absolute atomic E-state index is 0.110. The second kappa shape index (κ2) is 8.55. The molecule has 1 saturated heterocycles. The molecule has 2 heterocycles. The average molecular weight is 370 g/mol. The first-order valence-corrected chi connectivity index (χ1v) is 9.79. The van der Waals surface area contributed by atoms with E-state index in [9.17, 15) is 4.79 Å². The summed E-state index contributed by atoms with van der Waals surface area (Å²) in [5.41, 5.74) is 1.15. The predicted molar refractivity (Wildman–Crippen MR) is 105 cm³/mol. The first-order valence-electron chi connectivity index (χ1n) is 9.79. The maximum Gasteiger partial charge on any atom is 0.227 e. The molecule has 0 bridgehead atoms. The van der Waals surface area contributed by atoms with Crippen LogP contribution >= 0.6 is 0 Å². The third kappa shape index (κ3) is 4.87. The van der Waals surface area contributed by atoms with Gasteiger partial charge in [-0.05, 0) is 45.2 Å². The van der Waals surface area contributed by atoms with Crippen molar-refractivity contribution in [2.24, 2.45) is 11.8 Å². The van der Waals surface area contributed by atoms with Gasteiger partial charge in [0.25, 0.3) is 0 Å². The van der Waals surface area contributed by atoms with E-state index in [1.54, 1.807) is 0 Å². The normalized spacial score (nSPS) is 18.4. The van der Waals surface area contributed by atoms with E-state index in [1.165, 1.54) is 0 Å². The fourth-order valence-electron chi connectivity index (χ4n) is 3.71. The van der Waals surface area contributed by atoms with Gasteiger partial charge < -0.3 is 9.64 Å². The maximum atomic E-state index is 12.9. The van der Waals surface area contributed by atoms with Crippen molar-refractivity contribution in [1.82, 2.24) is 19.7 Å². The summed E-state index contributed by atoms with van der Waals surface area (Å²) in [4.78, 5) is 19.2. The van der Waals surface area contributed by atoms with Crippen LogP contribution in [-0.4, -0.2) is 45.3 Å². The Morgan fingerprint density at radius 1 is 1.30 bits per heavy atom. The third-order valence-electron chi connectivity index (χ3n) is 5.23. The van der Waals surface area contributed by atoms with Gasteiger partial charge in [-0.1, -0.05) is 25.1 Å². The van der Waals surface area contributed by atoms with Crippen molar-refractivity contribution in [1.29, 1.82) is 0 Å². The van der Waals surface area contributed by atoms with Crippen molar-refractivity contribution in [3.8, 4) is 5.75 Å². The Kier molecular flexibility index (Phi) is 6.14. The zero-order valence-corrected chi connectivity index (χ0v) is 16.8. The number of rotatable bonds is 6. The lowest BCUT2D eigenvalue weighted by Gasteiger charge is -2.34. The minimum Gasteiger partial charge on any atom is -0.493 e. The third-order valence-corrected chi connectivity index (χ3v) is 5.23. The molecule has 6 nitrogen and oxygen atoms in total. The molecule has 0 spiro atoms. The Hall–Kier alpha value is -2.37. The number of para-hydroxylation sites is 1. The average Bonchev–Trinajstić information content (AvgIpc) is 2.97. The molecular weight excluding hydrogens is 340 g/mol. The molecule has 1 aliphatic heterocycles. The van der Waals surface area contributed by atoms with Crippen LogP contribution < -0.4 is 4.74 Å². The summed E-state index contributed by atoms with van der Waals surface area (Å²) in [5, 5.41) is 4.38. The van der Waals surface area contributed by atoms with E-state index in [1.807, 2.05) is 48.6 Å². The number of aromatic nitrogens is 3. The number of carbonyl (C=O) groups is 1. The lowest BCUT2D eigenvalue weighted by atomic mass is 9.97. The number of piperidine rings is 1. The highest BCUT2D eigenvalue weighted by molar-refractivity contribution is 5.78. The Morgan fingerprint density at radius 2 is 2.07 bits per heavy atom. The fourth-order valence-corrected chi connectivity index (χ4v) is 3.71. The maximum absolute atomic E-state index is 12.9. The number of likely N-dealkylation sites (tertiary alicyclic amines) is 1. The molecule has 6 heteroatoms. The molecule has 1 aromatic carbocycles. The summed E-state index contributed by atoms with van der Waals surface area (Å²) in [7, 11) is 0. The van der Waals surface area contributed by atoms with Crippen LogP contribution in [-0.2, 0) is 11.3 Å². The van der Waals surface area contributed by atoms with Crippen LogP contribution in [0.5, 0.6) is 5.75 Å². The van der Waals surface area contributed by atoms with Crippen LogP contribution in [0.4, 0.5) is 0 Å². The molecule has 27 heavy (non-hydrogen) atoms. The Labute approximate surface area is 161 Å². The van der Waals surface area contributed by atoms with Gasteiger partial charge >= 0.3 is 0 Å². The van der Waals surface area contributed by atoms with Gasteiger partial charge in [-0.2, -0.15) is 5.10 Å². The number of benzene rings is 1. The van der Waals surface area contributed by atoms with Gasteiger partial charge in [0.2, 0.25) is 5.91 Å². The van der Waals surface area contributed by atoms with Gasteiger partial charge in [0.1, 0.15) is 17.4 Å². The van der Waals surface area contributed by atoms with E-state index < -0.39 is 0 Å². The molecule has 0 unspecified atom stereocenters. The van der Waals surface area contributed by atoms with Crippen molar-refractivity contribution in [2.75, 3.05) is 19.7 Å². The molecule has 146 valence electrons. The van der Waals surface area contributed by atoms with Crippen LogP contribution in [0.1, 0.15) is 37.0 Å². The lowest BCUT2D eigenvalue weighted by molar-refractivity contribution is -0.137. The number of nitrogens with zero attached hydrogens (tertiary/aromatic N) is 4. The molecule has 0 aliphatic carbocycles. The number of amides is 1. The number of aryl methyl sites for hydroxylation is 3. The summed E-state index contributed by atoms with van der Waals surface area (Å²) >= 11 is 0. The van der Waals surface area contributed by atoms with E-state index in [4.69, 9.17) is 4.74 Å². The number of hydrogen-bond donors (Lipinski definition) is 0. The summed E-state index contributed by atoms with van der Waals surface area (Å²) in [6.45, 7) is 10.7. The monoisotopic (exact) mass is 370 g/mol. The van der Waals surface area contributed by atoms with E-state index in [0.717, 1.165) is 48.9 Å². The standard InChI is InChI=1S/C21H30N4O2/c1-15-8-5-6-10-20(15)27-14-19-9-7-11-24(13-19)21(26)16(2)12-25-18(4)22-17(3)23-25/h5-6,8,10,16,19H,7,9,11-14H2,1-4H3/t16-,19-/m1/s1. The van der Waals surface area contributed by atoms with Gasteiger partial charge in [-0.3, -0.25) is 4.79 Å². The van der Waals surface area contributed by atoms with E-state index in [-0.39, 0.29) is 11.8 Å². The molecule has 0 N–H and O–H groups in total. The van der Waals surface area contributed by atoms with Gasteiger partial charge in [-0.15, -0.1) is 0 Å². The molecule has 1 aliphatic rings. The van der Waals surface area contributed by atoms with Crippen LogP contribution in [0.25, 0.3) is 0 Å². The predicted octanol–water partition coefficient (Wildman–Crippen LogP) is 3.16. The van der Waals surface area contributed by atoms with Crippen molar-refractivity contribution < 1.29 is 9.53 Å². The SMILES string of the molecule is Cc1nc(C)n(C[C@@H](C)C(=O)N2CCC[C@@H](COc3ccccc3C)C2)n1. The molecular formula is C21H30N4O2. The van der Waals surface area contributed by atoms with E-state index >= 15 is 0 Å².